The molecule has 28 heavy (non-hydrogen) atoms. The van der Waals surface area contributed by atoms with Gasteiger partial charge in [0.05, 0.1) is 0 Å². The number of benzene rings is 1. The summed E-state index contributed by atoms with van der Waals surface area (Å²) < 4.78 is 12.9. The topological polar surface area (TPSA) is 82.3 Å². The monoisotopic (exact) mass is 414 g/mol. The summed E-state index contributed by atoms with van der Waals surface area (Å²) in [5, 5.41) is 11.8. The van der Waals surface area contributed by atoms with Gasteiger partial charge in [0, 0.05) is 13.1 Å². The fourth-order valence-corrected chi connectivity index (χ4v) is 3.24. The van der Waals surface area contributed by atoms with Crippen LogP contribution in [0.5, 0.6) is 0 Å². The molecule has 2 atom stereocenters. The molecule has 1 aliphatic rings. The van der Waals surface area contributed by atoms with Crippen molar-refractivity contribution in [2.24, 2.45) is 5.92 Å². The van der Waals surface area contributed by atoms with Crippen LogP contribution in [0.3, 0.4) is 0 Å². The highest BCUT2D eigenvalue weighted by molar-refractivity contribution is 5.87. The molecule has 0 bridgehead atoms. The van der Waals surface area contributed by atoms with Crippen LogP contribution in [-0.2, 0) is 11.3 Å². The van der Waals surface area contributed by atoms with Crippen LogP contribution in [0.2, 0.25) is 0 Å². The Morgan fingerprint density at radius 2 is 2.00 bits per heavy atom. The van der Waals surface area contributed by atoms with E-state index in [2.05, 4.69) is 21.3 Å². The second kappa shape index (κ2) is 13.3. The van der Waals surface area contributed by atoms with Crippen molar-refractivity contribution in [2.75, 3.05) is 19.6 Å². The number of carbonyl (C=O) groups is 2. The molecule has 2 rings (SSSR count). The third-order valence-electron chi connectivity index (χ3n) is 4.82. The highest BCUT2D eigenvalue weighted by Gasteiger charge is 2.20. The Morgan fingerprint density at radius 1 is 1.25 bits per heavy atom. The van der Waals surface area contributed by atoms with Gasteiger partial charge in [-0.3, -0.25) is 4.79 Å². The van der Waals surface area contributed by atoms with Crippen molar-refractivity contribution < 1.29 is 14.0 Å². The molecule has 4 N–H and O–H groups in total. The lowest BCUT2D eigenvalue weighted by atomic mass is 9.96. The van der Waals surface area contributed by atoms with Crippen molar-refractivity contribution in [3.63, 3.8) is 0 Å². The predicted octanol–water partition coefficient (Wildman–Crippen LogP) is 2.72. The summed E-state index contributed by atoms with van der Waals surface area (Å²) in [6.45, 7) is 4.98. The standard InChI is InChI=1S/C20H31FN4O2.ClH/c1-2-4-18(19(26)23-12-10-15-5-3-11-22-13-15)25-20(27)24-14-16-6-8-17(21)9-7-16;/h6-9,15,18,22H,2-5,10-14H2,1H3,(H,23,26)(H2,24,25,27);1H. The van der Waals surface area contributed by atoms with Crippen molar-refractivity contribution in [3.8, 4) is 0 Å². The average Bonchev–Trinajstić information content (AvgIpc) is 2.68. The largest absolute Gasteiger partial charge is 0.354 e. The third-order valence-corrected chi connectivity index (χ3v) is 4.82. The van der Waals surface area contributed by atoms with Crippen LogP contribution in [0.15, 0.2) is 24.3 Å². The Morgan fingerprint density at radius 3 is 2.64 bits per heavy atom. The molecule has 0 spiro atoms. The first kappa shape index (κ1) is 24.2. The number of carbonyl (C=O) groups excluding carboxylic acids is 2. The lowest BCUT2D eigenvalue weighted by Gasteiger charge is -2.23. The zero-order valence-electron chi connectivity index (χ0n) is 16.4. The van der Waals surface area contributed by atoms with Gasteiger partial charge in [-0.2, -0.15) is 0 Å². The van der Waals surface area contributed by atoms with Gasteiger partial charge in [-0.1, -0.05) is 25.5 Å². The first-order valence-electron chi connectivity index (χ1n) is 9.85. The van der Waals surface area contributed by atoms with Gasteiger partial charge in [-0.15, -0.1) is 12.4 Å². The maximum Gasteiger partial charge on any atom is 0.315 e. The lowest BCUT2D eigenvalue weighted by Crippen LogP contribution is -2.50. The molecule has 1 aromatic carbocycles. The van der Waals surface area contributed by atoms with E-state index in [1.54, 1.807) is 12.1 Å². The molecule has 1 heterocycles. The summed E-state index contributed by atoms with van der Waals surface area (Å²) in [6, 6.07) is 4.99. The number of amides is 3. The second-order valence-corrected chi connectivity index (χ2v) is 7.09. The van der Waals surface area contributed by atoms with E-state index in [1.165, 1.54) is 25.0 Å². The summed E-state index contributed by atoms with van der Waals surface area (Å²) >= 11 is 0. The van der Waals surface area contributed by atoms with Gasteiger partial charge in [0.25, 0.3) is 0 Å². The van der Waals surface area contributed by atoms with Crippen molar-refractivity contribution in [1.29, 1.82) is 0 Å². The van der Waals surface area contributed by atoms with E-state index in [-0.39, 0.29) is 30.7 Å². The smallest absolute Gasteiger partial charge is 0.315 e. The molecule has 0 radical (unpaired) electrons. The summed E-state index contributed by atoms with van der Waals surface area (Å²) in [5.74, 6) is 0.153. The van der Waals surface area contributed by atoms with Crippen LogP contribution in [-0.4, -0.2) is 37.6 Å². The number of hydrogen-bond donors (Lipinski definition) is 4. The van der Waals surface area contributed by atoms with Crippen LogP contribution < -0.4 is 21.3 Å². The minimum atomic E-state index is -0.548. The Kier molecular flexibility index (Phi) is 11.5. The fourth-order valence-electron chi connectivity index (χ4n) is 3.24. The van der Waals surface area contributed by atoms with Crippen LogP contribution in [0.4, 0.5) is 9.18 Å². The summed E-state index contributed by atoms with van der Waals surface area (Å²) in [5.41, 5.74) is 0.795. The molecule has 8 heteroatoms. The summed E-state index contributed by atoms with van der Waals surface area (Å²) in [7, 11) is 0. The number of piperidine rings is 1. The quantitative estimate of drug-likeness (QED) is 0.501. The molecule has 158 valence electrons. The van der Waals surface area contributed by atoms with Gasteiger partial charge in [0.1, 0.15) is 11.9 Å². The van der Waals surface area contributed by atoms with Gasteiger partial charge in [-0.25, -0.2) is 9.18 Å². The number of rotatable bonds is 9. The van der Waals surface area contributed by atoms with Crippen molar-refractivity contribution in [1.82, 2.24) is 21.3 Å². The normalized spacial score (nSPS) is 17.1. The van der Waals surface area contributed by atoms with Crippen molar-refractivity contribution >= 4 is 24.3 Å². The van der Waals surface area contributed by atoms with Crippen LogP contribution >= 0.6 is 12.4 Å². The lowest BCUT2D eigenvalue weighted by molar-refractivity contribution is -0.123. The highest BCUT2D eigenvalue weighted by Crippen LogP contribution is 2.13. The summed E-state index contributed by atoms with van der Waals surface area (Å²) in [4.78, 5) is 24.5. The fraction of sp³-hybridized carbons (Fsp3) is 0.600. The van der Waals surface area contributed by atoms with Gasteiger partial charge in [0.15, 0.2) is 0 Å². The van der Waals surface area contributed by atoms with Crippen molar-refractivity contribution in [2.45, 2.75) is 51.6 Å². The van der Waals surface area contributed by atoms with E-state index >= 15 is 0 Å². The first-order valence-corrected chi connectivity index (χ1v) is 9.85. The Hall–Kier alpha value is -1.86. The molecule has 6 nitrogen and oxygen atoms in total. The third kappa shape index (κ3) is 8.89. The van der Waals surface area contributed by atoms with Crippen molar-refractivity contribution in [3.05, 3.63) is 35.6 Å². The molecule has 1 fully saturated rings. The number of nitrogens with one attached hydrogen (secondary N) is 4. The molecule has 0 saturated carbocycles. The Labute approximate surface area is 172 Å². The number of halogens is 2. The molecule has 3 amide bonds. The van der Waals surface area contributed by atoms with Crippen LogP contribution in [0, 0.1) is 11.7 Å². The van der Waals surface area contributed by atoms with E-state index in [0.29, 0.717) is 18.9 Å². The zero-order chi connectivity index (χ0) is 19.5. The minimum absolute atomic E-state index is 0. The molecule has 1 saturated heterocycles. The minimum Gasteiger partial charge on any atom is -0.354 e. The molecule has 1 aliphatic heterocycles. The molecular formula is C20H32ClFN4O2. The Bertz CT molecular complexity index is 594. The van der Waals surface area contributed by atoms with E-state index in [0.717, 1.165) is 31.5 Å². The molecule has 1 aromatic rings. The molecule has 0 aromatic heterocycles. The predicted molar refractivity (Wildman–Crippen MR) is 111 cm³/mol. The molecule has 2 unspecified atom stereocenters. The first-order chi connectivity index (χ1) is 13.1. The zero-order valence-corrected chi connectivity index (χ0v) is 17.2. The van der Waals surface area contributed by atoms with Gasteiger partial charge in [-0.05, 0) is 62.4 Å². The number of urea groups is 1. The van der Waals surface area contributed by atoms with E-state index in [1.807, 2.05) is 6.92 Å². The van der Waals surface area contributed by atoms with Crippen LogP contribution in [0.1, 0.15) is 44.6 Å². The highest BCUT2D eigenvalue weighted by atomic mass is 35.5. The molecule has 0 aliphatic carbocycles. The van der Waals surface area contributed by atoms with E-state index in [9.17, 15) is 14.0 Å². The van der Waals surface area contributed by atoms with Gasteiger partial charge < -0.3 is 21.3 Å². The van der Waals surface area contributed by atoms with Gasteiger partial charge >= 0.3 is 6.03 Å². The van der Waals surface area contributed by atoms with Gasteiger partial charge in [0.2, 0.25) is 5.91 Å². The average molecular weight is 415 g/mol. The molecular weight excluding hydrogens is 383 g/mol. The van der Waals surface area contributed by atoms with E-state index in [4.69, 9.17) is 0 Å². The van der Waals surface area contributed by atoms with Crippen LogP contribution in [0.25, 0.3) is 0 Å². The van der Waals surface area contributed by atoms with E-state index < -0.39 is 12.1 Å². The number of hydrogen-bond acceptors (Lipinski definition) is 3. The Balaban J connectivity index is 0.00000392. The summed E-state index contributed by atoms with van der Waals surface area (Å²) in [6.07, 6.45) is 4.72. The maximum absolute atomic E-state index is 12.9. The maximum atomic E-state index is 12.9. The SMILES string of the molecule is CCCC(NC(=O)NCc1ccc(F)cc1)C(=O)NCCC1CCCNC1.Cl. The second-order valence-electron chi connectivity index (χ2n) is 7.09.